The molecule has 0 saturated heterocycles. The third kappa shape index (κ3) is 9.24. The van der Waals surface area contributed by atoms with Crippen LogP contribution in [0.5, 0.6) is 11.5 Å². The van der Waals surface area contributed by atoms with Crippen molar-refractivity contribution in [2.24, 2.45) is 0 Å². The molecule has 0 fully saturated rings. The number of rotatable bonds is 14. The van der Waals surface area contributed by atoms with E-state index in [0.717, 1.165) is 49.7 Å². The van der Waals surface area contributed by atoms with E-state index in [-0.39, 0.29) is 5.97 Å². The Morgan fingerprint density at radius 2 is 1.64 bits per heavy atom. The lowest BCUT2D eigenvalue weighted by Gasteiger charge is -2.11. The van der Waals surface area contributed by atoms with Crippen LogP contribution in [0.4, 0.5) is 0 Å². The molecule has 0 spiro atoms. The molecule has 2 aromatic carbocycles. The second-order valence-electron chi connectivity index (χ2n) is 7.83. The predicted molar refractivity (Wildman–Crippen MR) is 132 cm³/mol. The number of carbonyl (C=O) groups is 1. The molecule has 0 amide bonds. The van der Waals surface area contributed by atoms with Crippen molar-refractivity contribution in [1.82, 2.24) is 0 Å². The Kier molecular flexibility index (Phi) is 11.3. The highest BCUT2D eigenvalue weighted by atomic mass is 16.5. The standard InChI is InChI=1S/C28H33NO4/c1-22(2)28(30)33-18-12-7-5-4-6-11-17-32-26-16-15-23(20-27(26)31-3)19-25(21-29)24-13-9-8-10-14-24/h8-10,13-16,19-20H,1,4-7,11-12,17-18H2,2-3H3/b25-19+. The first-order valence-corrected chi connectivity index (χ1v) is 11.4. The minimum absolute atomic E-state index is 0.312. The summed E-state index contributed by atoms with van der Waals surface area (Å²) in [5.41, 5.74) is 2.80. The molecule has 0 saturated carbocycles. The number of hydrogen-bond acceptors (Lipinski definition) is 5. The largest absolute Gasteiger partial charge is 0.493 e. The molecule has 0 aromatic heterocycles. The lowest BCUT2D eigenvalue weighted by molar-refractivity contribution is -0.139. The number of hydrogen-bond donors (Lipinski definition) is 0. The SMILES string of the molecule is C=C(C)C(=O)OCCCCCCCCOc1ccc(/C=C(\C#N)c2ccccc2)cc1OC. The molecule has 0 N–H and O–H groups in total. The van der Waals surface area contributed by atoms with Gasteiger partial charge in [-0.05, 0) is 49.1 Å². The maximum absolute atomic E-state index is 11.3. The molecular formula is C28H33NO4. The van der Waals surface area contributed by atoms with Crippen LogP contribution in [0.2, 0.25) is 0 Å². The minimum Gasteiger partial charge on any atom is -0.493 e. The van der Waals surface area contributed by atoms with Crippen LogP contribution >= 0.6 is 0 Å². The molecule has 0 aliphatic rings. The van der Waals surface area contributed by atoms with Gasteiger partial charge in [0, 0.05) is 5.57 Å². The van der Waals surface area contributed by atoms with E-state index in [4.69, 9.17) is 14.2 Å². The Bertz CT molecular complexity index is 973. The molecule has 0 aliphatic heterocycles. The molecule has 0 radical (unpaired) electrons. The van der Waals surface area contributed by atoms with Crippen molar-refractivity contribution in [2.45, 2.75) is 45.4 Å². The number of benzene rings is 2. The van der Waals surface area contributed by atoms with E-state index in [1.54, 1.807) is 14.0 Å². The summed E-state index contributed by atoms with van der Waals surface area (Å²) < 4.78 is 16.5. The van der Waals surface area contributed by atoms with E-state index in [1.165, 1.54) is 0 Å². The van der Waals surface area contributed by atoms with Crippen LogP contribution in [-0.2, 0) is 9.53 Å². The van der Waals surface area contributed by atoms with E-state index < -0.39 is 0 Å². The summed E-state index contributed by atoms with van der Waals surface area (Å²) in [5, 5.41) is 9.51. The number of methoxy groups -OCH3 is 1. The van der Waals surface area contributed by atoms with Gasteiger partial charge in [0.15, 0.2) is 11.5 Å². The quantitative estimate of drug-likeness (QED) is 0.107. The molecule has 0 heterocycles. The molecule has 0 unspecified atom stereocenters. The first kappa shape index (κ1) is 25.7. The Hall–Kier alpha value is -3.52. The van der Waals surface area contributed by atoms with Crippen molar-refractivity contribution in [3.05, 3.63) is 71.8 Å². The zero-order chi connectivity index (χ0) is 23.9. The number of esters is 1. The molecule has 0 atom stereocenters. The molecule has 174 valence electrons. The van der Waals surface area contributed by atoms with Gasteiger partial charge < -0.3 is 14.2 Å². The van der Waals surface area contributed by atoms with Crippen LogP contribution in [0.3, 0.4) is 0 Å². The van der Waals surface area contributed by atoms with Crippen LogP contribution in [0.1, 0.15) is 56.6 Å². The molecule has 5 nitrogen and oxygen atoms in total. The van der Waals surface area contributed by atoms with Gasteiger partial charge in [-0.1, -0.05) is 68.7 Å². The zero-order valence-corrected chi connectivity index (χ0v) is 19.6. The maximum Gasteiger partial charge on any atom is 0.333 e. The average Bonchev–Trinajstić information content (AvgIpc) is 2.84. The van der Waals surface area contributed by atoms with Gasteiger partial charge in [-0.15, -0.1) is 0 Å². The molecule has 0 bridgehead atoms. The third-order valence-corrected chi connectivity index (χ3v) is 5.08. The van der Waals surface area contributed by atoms with Crippen LogP contribution in [-0.4, -0.2) is 26.3 Å². The van der Waals surface area contributed by atoms with Crippen LogP contribution in [0.25, 0.3) is 11.6 Å². The van der Waals surface area contributed by atoms with E-state index in [2.05, 4.69) is 12.6 Å². The fourth-order valence-electron chi connectivity index (χ4n) is 3.24. The number of allylic oxidation sites excluding steroid dienone is 1. The Morgan fingerprint density at radius 3 is 2.27 bits per heavy atom. The van der Waals surface area contributed by atoms with E-state index in [9.17, 15) is 10.1 Å². The second kappa shape index (κ2) is 14.5. The van der Waals surface area contributed by atoms with Gasteiger partial charge in [0.05, 0.1) is 32.0 Å². The van der Waals surface area contributed by atoms with Crippen molar-refractivity contribution >= 4 is 17.6 Å². The summed E-state index contributed by atoms with van der Waals surface area (Å²) in [6, 6.07) is 17.6. The first-order valence-electron chi connectivity index (χ1n) is 11.4. The van der Waals surface area contributed by atoms with Crippen molar-refractivity contribution in [3.63, 3.8) is 0 Å². The van der Waals surface area contributed by atoms with Crippen LogP contribution in [0, 0.1) is 11.3 Å². The Balaban J connectivity index is 1.73. The highest BCUT2D eigenvalue weighted by molar-refractivity contribution is 5.89. The number of carbonyl (C=O) groups excluding carboxylic acids is 1. The fourth-order valence-corrected chi connectivity index (χ4v) is 3.24. The number of nitrogens with zero attached hydrogens (tertiary/aromatic N) is 1. The zero-order valence-electron chi connectivity index (χ0n) is 19.6. The van der Waals surface area contributed by atoms with E-state index in [0.29, 0.717) is 35.9 Å². The van der Waals surface area contributed by atoms with E-state index >= 15 is 0 Å². The normalized spacial score (nSPS) is 10.9. The molecule has 33 heavy (non-hydrogen) atoms. The summed E-state index contributed by atoms with van der Waals surface area (Å²) in [5.74, 6) is 1.04. The van der Waals surface area contributed by atoms with Gasteiger partial charge in [-0.25, -0.2) is 4.79 Å². The van der Waals surface area contributed by atoms with Crippen LogP contribution in [0.15, 0.2) is 60.7 Å². The van der Waals surface area contributed by atoms with Gasteiger partial charge >= 0.3 is 5.97 Å². The van der Waals surface area contributed by atoms with E-state index in [1.807, 2.05) is 54.6 Å². The first-order chi connectivity index (χ1) is 16.0. The molecule has 5 heteroatoms. The Labute approximate surface area is 197 Å². The summed E-state index contributed by atoms with van der Waals surface area (Å²) >= 11 is 0. The van der Waals surface area contributed by atoms with Crippen molar-refractivity contribution in [3.8, 4) is 17.6 Å². The average molecular weight is 448 g/mol. The highest BCUT2D eigenvalue weighted by Crippen LogP contribution is 2.30. The molecule has 2 aromatic rings. The van der Waals surface area contributed by atoms with Gasteiger partial charge in [0.1, 0.15) is 0 Å². The number of ether oxygens (including phenoxy) is 3. The third-order valence-electron chi connectivity index (χ3n) is 5.08. The maximum atomic E-state index is 11.3. The molecular weight excluding hydrogens is 414 g/mol. The van der Waals surface area contributed by atoms with Crippen molar-refractivity contribution < 1.29 is 19.0 Å². The van der Waals surface area contributed by atoms with Crippen molar-refractivity contribution in [2.75, 3.05) is 20.3 Å². The molecule has 0 aliphatic carbocycles. The fraction of sp³-hybridized carbons (Fsp3) is 0.357. The molecule has 2 rings (SSSR count). The summed E-state index contributed by atoms with van der Waals surface area (Å²) in [7, 11) is 1.62. The van der Waals surface area contributed by atoms with Gasteiger partial charge in [-0.2, -0.15) is 5.26 Å². The summed E-state index contributed by atoms with van der Waals surface area (Å²) in [4.78, 5) is 11.3. The lowest BCUT2D eigenvalue weighted by Crippen LogP contribution is -2.06. The van der Waals surface area contributed by atoms with Crippen molar-refractivity contribution in [1.29, 1.82) is 5.26 Å². The van der Waals surface area contributed by atoms with Crippen LogP contribution < -0.4 is 9.47 Å². The highest BCUT2D eigenvalue weighted by Gasteiger charge is 2.07. The van der Waals surface area contributed by atoms with Gasteiger partial charge in [0.25, 0.3) is 0 Å². The number of unbranched alkanes of at least 4 members (excludes halogenated alkanes) is 5. The summed E-state index contributed by atoms with van der Waals surface area (Å²) in [6.45, 7) is 6.30. The number of nitriles is 1. The minimum atomic E-state index is -0.312. The topological polar surface area (TPSA) is 68.5 Å². The monoisotopic (exact) mass is 447 g/mol. The Morgan fingerprint density at radius 1 is 0.970 bits per heavy atom. The smallest absolute Gasteiger partial charge is 0.333 e. The van der Waals surface area contributed by atoms with Gasteiger partial charge in [0.2, 0.25) is 0 Å². The predicted octanol–water partition coefficient (Wildman–Crippen LogP) is 6.60. The lowest BCUT2D eigenvalue weighted by atomic mass is 10.0. The summed E-state index contributed by atoms with van der Waals surface area (Å²) in [6.07, 6.45) is 8.04. The van der Waals surface area contributed by atoms with Gasteiger partial charge in [-0.3, -0.25) is 0 Å². The second-order valence-corrected chi connectivity index (χ2v) is 7.83.